The van der Waals surface area contributed by atoms with E-state index in [0.29, 0.717) is 22.7 Å². The summed E-state index contributed by atoms with van der Waals surface area (Å²) >= 11 is 0. The van der Waals surface area contributed by atoms with E-state index in [0.717, 1.165) is 0 Å². The number of carbonyl (C=O) groups excluding carboxylic acids is 3. The minimum atomic E-state index is -0.397. The van der Waals surface area contributed by atoms with Gasteiger partial charge in [0.2, 0.25) is 5.91 Å². The van der Waals surface area contributed by atoms with Gasteiger partial charge < -0.3 is 15.4 Å². The SMILES string of the molecule is CC(C)(C)c1ccc(OCC(=O)Nc2ccc(NC(=O)CC(=O)c3ccccc3)cc2)cc1. The summed E-state index contributed by atoms with van der Waals surface area (Å²) in [5, 5.41) is 5.44. The van der Waals surface area contributed by atoms with Gasteiger partial charge in [-0.25, -0.2) is 0 Å². The highest BCUT2D eigenvalue weighted by Crippen LogP contribution is 2.24. The van der Waals surface area contributed by atoms with Gasteiger partial charge in [-0.2, -0.15) is 0 Å². The molecule has 0 bridgehead atoms. The molecule has 0 heterocycles. The van der Waals surface area contributed by atoms with Gasteiger partial charge in [0.15, 0.2) is 12.4 Å². The maximum atomic E-state index is 12.2. The average molecular weight is 445 g/mol. The molecule has 0 atom stereocenters. The second kappa shape index (κ2) is 10.6. The number of amides is 2. The number of ether oxygens (including phenoxy) is 1. The zero-order chi connectivity index (χ0) is 23.8. The fraction of sp³-hybridized carbons (Fsp3) is 0.222. The van der Waals surface area contributed by atoms with Gasteiger partial charge >= 0.3 is 0 Å². The molecule has 0 unspecified atom stereocenters. The van der Waals surface area contributed by atoms with E-state index in [1.54, 1.807) is 48.5 Å². The van der Waals surface area contributed by atoms with Crippen molar-refractivity contribution in [3.63, 3.8) is 0 Å². The second-order valence-corrected chi connectivity index (χ2v) is 8.70. The van der Waals surface area contributed by atoms with Gasteiger partial charge in [-0.1, -0.05) is 63.2 Å². The maximum absolute atomic E-state index is 12.2. The van der Waals surface area contributed by atoms with Crippen molar-refractivity contribution in [3.8, 4) is 5.75 Å². The molecule has 2 N–H and O–H groups in total. The predicted octanol–water partition coefficient (Wildman–Crippen LogP) is 5.21. The Morgan fingerprint density at radius 2 is 1.27 bits per heavy atom. The normalized spacial score (nSPS) is 10.9. The number of rotatable bonds is 8. The molecule has 170 valence electrons. The first-order valence-corrected chi connectivity index (χ1v) is 10.7. The summed E-state index contributed by atoms with van der Waals surface area (Å²) in [6.45, 7) is 6.29. The summed E-state index contributed by atoms with van der Waals surface area (Å²) < 4.78 is 5.56. The van der Waals surface area contributed by atoms with Crippen molar-refractivity contribution >= 4 is 29.0 Å². The number of nitrogens with one attached hydrogen (secondary N) is 2. The van der Waals surface area contributed by atoms with Crippen LogP contribution >= 0.6 is 0 Å². The largest absolute Gasteiger partial charge is 0.484 e. The molecular formula is C27H28N2O4. The van der Waals surface area contributed by atoms with Crippen LogP contribution in [0.1, 0.15) is 43.1 Å². The van der Waals surface area contributed by atoms with Gasteiger partial charge in [-0.3, -0.25) is 14.4 Å². The Balaban J connectivity index is 1.45. The molecule has 2 amide bonds. The van der Waals surface area contributed by atoms with E-state index in [4.69, 9.17) is 4.74 Å². The predicted molar refractivity (Wildman–Crippen MR) is 130 cm³/mol. The Bertz CT molecular complexity index is 1100. The molecule has 6 heteroatoms. The van der Waals surface area contributed by atoms with Crippen molar-refractivity contribution in [2.45, 2.75) is 32.6 Å². The number of anilines is 2. The van der Waals surface area contributed by atoms with Gasteiger partial charge in [0.25, 0.3) is 5.91 Å². The highest BCUT2D eigenvalue weighted by atomic mass is 16.5. The summed E-state index contributed by atoms with van der Waals surface area (Å²) in [5.74, 6) is -0.307. The van der Waals surface area contributed by atoms with Gasteiger partial charge in [-0.15, -0.1) is 0 Å². The maximum Gasteiger partial charge on any atom is 0.262 e. The third-order valence-electron chi connectivity index (χ3n) is 4.96. The first-order valence-electron chi connectivity index (χ1n) is 10.7. The molecule has 0 aromatic heterocycles. The van der Waals surface area contributed by atoms with E-state index in [2.05, 4.69) is 31.4 Å². The van der Waals surface area contributed by atoms with Crippen LogP contribution in [0.5, 0.6) is 5.75 Å². The molecule has 0 aliphatic heterocycles. The quantitative estimate of drug-likeness (QED) is 0.369. The van der Waals surface area contributed by atoms with Crippen molar-refractivity contribution in [1.29, 1.82) is 0 Å². The summed E-state index contributed by atoms with van der Waals surface area (Å²) in [5.41, 5.74) is 2.85. The number of Topliss-reactive ketones (excluding diaryl/α,β-unsaturated/α-hetero) is 1. The Hall–Kier alpha value is -3.93. The molecule has 0 saturated heterocycles. The van der Waals surface area contributed by atoms with Crippen LogP contribution in [0, 0.1) is 0 Å². The van der Waals surface area contributed by atoms with Gasteiger partial charge in [0, 0.05) is 16.9 Å². The Morgan fingerprint density at radius 1 is 0.727 bits per heavy atom. The van der Waals surface area contributed by atoms with Crippen LogP contribution in [0.4, 0.5) is 11.4 Å². The number of ketones is 1. The minimum absolute atomic E-state index is 0.0545. The summed E-state index contributed by atoms with van der Waals surface area (Å²) in [6, 6.07) is 23.0. The van der Waals surface area contributed by atoms with Gasteiger partial charge in [0.1, 0.15) is 5.75 Å². The Morgan fingerprint density at radius 3 is 1.82 bits per heavy atom. The van der Waals surface area contributed by atoms with Crippen molar-refractivity contribution in [3.05, 3.63) is 90.0 Å². The van der Waals surface area contributed by atoms with Crippen molar-refractivity contribution in [2.75, 3.05) is 17.2 Å². The third kappa shape index (κ3) is 7.31. The highest BCUT2D eigenvalue weighted by Gasteiger charge is 2.14. The van der Waals surface area contributed by atoms with Crippen molar-refractivity contribution in [2.24, 2.45) is 0 Å². The van der Waals surface area contributed by atoms with E-state index in [9.17, 15) is 14.4 Å². The molecule has 0 saturated carbocycles. The fourth-order valence-corrected chi connectivity index (χ4v) is 3.11. The molecule has 0 radical (unpaired) electrons. The minimum Gasteiger partial charge on any atom is -0.484 e. The lowest BCUT2D eigenvalue weighted by Gasteiger charge is -2.19. The van der Waals surface area contributed by atoms with Crippen LogP contribution in [0.2, 0.25) is 0 Å². The summed E-state index contributed by atoms with van der Waals surface area (Å²) in [7, 11) is 0. The van der Waals surface area contributed by atoms with E-state index >= 15 is 0 Å². The van der Waals surface area contributed by atoms with Crippen LogP contribution in [-0.4, -0.2) is 24.2 Å². The van der Waals surface area contributed by atoms with Crippen LogP contribution in [0.25, 0.3) is 0 Å². The lowest BCUT2D eigenvalue weighted by molar-refractivity contribution is -0.118. The molecule has 0 spiro atoms. The first kappa shape index (κ1) is 23.7. The van der Waals surface area contributed by atoms with Crippen LogP contribution < -0.4 is 15.4 Å². The third-order valence-corrected chi connectivity index (χ3v) is 4.96. The van der Waals surface area contributed by atoms with Crippen LogP contribution in [-0.2, 0) is 15.0 Å². The standard InChI is InChI=1S/C27H28N2O4/c1-27(2,3)20-9-15-23(16-10-20)33-18-26(32)29-22-13-11-21(12-14-22)28-25(31)17-24(30)19-7-5-4-6-8-19/h4-16H,17-18H2,1-3H3,(H,28,31)(H,29,32). The molecule has 0 aliphatic carbocycles. The van der Waals surface area contributed by atoms with E-state index in [1.807, 2.05) is 30.3 Å². The molecule has 3 aromatic rings. The lowest BCUT2D eigenvalue weighted by Crippen LogP contribution is -2.20. The highest BCUT2D eigenvalue weighted by molar-refractivity contribution is 6.11. The zero-order valence-electron chi connectivity index (χ0n) is 19.1. The average Bonchev–Trinajstić information content (AvgIpc) is 2.79. The summed E-state index contributed by atoms with van der Waals surface area (Å²) in [4.78, 5) is 36.4. The van der Waals surface area contributed by atoms with E-state index in [1.165, 1.54) is 5.56 Å². The Labute approximate surface area is 194 Å². The molecule has 3 aromatic carbocycles. The van der Waals surface area contributed by atoms with Crippen LogP contribution in [0.15, 0.2) is 78.9 Å². The molecule has 0 aliphatic rings. The van der Waals surface area contributed by atoms with E-state index in [-0.39, 0.29) is 30.1 Å². The Kier molecular flexibility index (Phi) is 7.61. The lowest BCUT2D eigenvalue weighted by atomic mass is 9.87. The fourth-order valence-electron chi connectivity index (χ4n) is 3.11. The number of hydrogen-bond donors (Lipinski definition) is 2. The smallest absolute Gasteiger partial charge is 0.262 e. The zero-order valence-corrected chi connectivity index (χ0v) is 19.1. The monoisotopic (exact) mass is 444 g/mol. The van der Waals surface area contributed by atoms with Crippen LogP contribution in [0.3, 0.4) is 0 Å². The molecular weight excluding hydrogens is 416 g/mol. The number of carbonyl (C=O) groups is 3. The molecule has 6 nitrogen and oxygen atoms in total. The van der Waals surface area contributed by atoms with Crippen molar-refractivity contribution in [1.82, 2.24) is 0 Å². The number of hydrogen-bond acceptors (Lipinski definition) is 4. The molecule has 0 fully saturated rings. The van der Waals surface area contributed by atoms with Gasteiger partial charge in [-0.05, 0) is 47.4 Å². The number of benzene rings is 3. The first-order chi connectivity index (χ1) is 15.7. The van der Waals surface area contributed by atoms with E-state index < -0.39 is 5.91 Å². The molecule has 33 heavy (non-hydrogen) atoms. The molecule has 3 rings (SSSR count). The van der Waals surface area contributed by atoms with Gasteiger partial charge in [0.05, 0.1) is 6.42 Å². The second-order valence-electron chi connectivity index (χ2n) is 8.70. The summed E-state index contributed by atoms with van der Waals surface area (Å²) in [6.07, 6.45) is -0.240. The topological polar surface area (TPSA) is 84.5 Å². The van der Waals surface area contributed by atoms with Crippen molar-refractivity contribution < 1.29 is 19.1 Å².